The van der Waals surface area contributed by atoms with Crippen molar-refractivity contribution in [2.24, 2.45) is 5.92 Å². The summed E-state index contributed by atoms with van der Waals surface area (Å²) < 4.78 is 0. The van der Waals surface area contributed by atoms with Crippen LogP contribution in [0.15, 0.2) is 0 Å². The molecule has 0 aromatic rings. The highest BCUT2D eigenvalue weighted by Gasteiger charge is 2.41. The van der Waals surface area contributed by atoms with Crippen molar-refractivity contribution < 1.29 is 0 Å². The Morgan fingerprint density at radius 1 is 1.33 bits per heavy atom. The zero-order valence-corrected chi connectivity index (χ0v) is 9.02. The van der Waals surface area contributed by atoms with Gasteiger partial charge in [0.2, 0.25) is 0 Å². The van der Waals surface area contributed by atoms with Crippen LogP contribution in [0.4, 0.5) is 0 Å². The van der Waals surface area contributed by atoms with Crippen LogP contribution in [0.25, 0.3) is 0 Å². The highest BCUT2D eigenvalue weighted by molar-refractivity contribution is 4.99. The lowest BCUT2D eigenvalue weighted by Crippen LogP contribution is -2.55. The largest absolute Gasteiger partial charge is 0.315 e. The minimum absolute atomic E-state index is 0.274. The maximum absolute atomic E-state index is 3.44. The van der Waals surface area contributed by atoms with Gasteiger partial charge in [0.25, 0.3) is 0 Å². The van der Waals surface area contributed by atoms with Crippen LogP contribution in [-0.2, 0) is 0 Å². The molecule has 0 aromatic heterocycles. The van der Waals surface area contributed by atoms with E-state index < -0.39 is 0 Å². The SMILES string of the molecule is CNC(C1CC1)C(C)(C)N(C)C. The zero-order valence-electron chi connectivity index (χ0n) is 9.02. The van der Waals surface area contributed by atoms with Gasteiger partial charge in [-0.1, -0.05) is 0 Å². The summed E-state index contributed by atoms with van der Waals surface area (Å²) in [5.41, 5.74) is 0.274. The Morgan fingerprint density at radius 3 is 2.08 bits per heavy atom. The van der Waals surface area contributed by atoms with Gasteiger partial charge < -0.3 is 10.2 Å². The predicted octanol–water partition coefficient (Wildman–Crippen LogP) is 1.32. The second kappa shape index (κ2) is 3.35. The number of nitrogens with zero attached hydrogens (tertiary/aromatic N) is 1. The average Bonchev–Trinajstić information content (AvgIpc) is 2.72. The monoisotopic (exact) mass is 170 g/mol. The van der Waals surface area contributed by atoms with E-state index in [1.165, 1.54) is 12.8 Å². The minimum atomic E-state index is 0.274. The van der Waals surface area contributed by atoms with Crippen LogP contribution in [-0.4, -0.2) is 37.6 Å². The van der Waals surface area contributed by atoms with Gasteiger partial charge in [-0.15, -0.1) is 0 Å². The van der Waals surface area contributed by atoms with E-state index in [1.54, 1.807) is 0 Å². The van der Waals surface area contributed by atoms with E-state index in [1.807, 2.05) is 0 Å². The number of hydrogen-bond donors (Lipinski definition) is 1. The summed E-state index contributed by atoms with van der Waals surface area (Å²) in [6.07, 6.45) is 2.81. The Bertz CT molecular complexity index is 148. The summed E-state index contributed by atoms with van der Waals surface area (Å²) in [5.74, 6) is 0.910. The van der Waals surface area contributed by atoms with E-state index in [0.29, 0.717) is 6.04 Å². The van der Waals surface area contributed by atoms with Crippen molar-refractivity contribution in [3.05, 3.63) is 0 Å². The first-order valence-electron chi connectivity index (χ1n) is 4.85. The van der Waals surface area contributed by atoms with Crippen molar-refractivity contribution in [2.45, 2.75) is 38.3 Å². The third-order valence-electron chi connectivity index (χ3n) is 3.32. The third-order valence-corrected chi connectivity index (χ3v) is 3.32. The predicted molar refractivity (Wildman–Crippen MR) is 53.3 cm³/mol. The van der Waals surface area contributed by atoms with Crippen LogP contribution in [0.2, 0.25) is 0 Å². The summed E-state index contributed by atoms with van der Waals surface area (Å²) in [6.45, 7) is 4.62. The minimum Gasteiger partial charge on any atom is -0.315 e. The van der Waals surface area contributed by atoms with Crippen molar-refractivity contribution in [2.75, 3.05) is 21.1 Å². The molecular weight excluding hydrogens is 148 g/mol. The Balaban J connectivity index is 2.61. The fourth-order valence-corrected chi connectivity index (χ4v) is 1.87. The maximum atomic E-state index is 3.44. The average molecular weight is 170 g/mol. The van der Waals surface area contributed by atoms with Gasteiger partial charge in [0.1, 0.15) is 0 Å². The van der Waals surface area contributed by atoms with E-state index in [4.69, 9.17) is 0 Å². The summed E-state index contributed by atoms with van der Waals surface area (Å²) in [5, 5.41) is 3.44. The molecule has 1 N–H and O–H groups in total. The molecule has 1 aliphatic rings. The molecule has 1 aliphatic carbocycles. The molecule has 0 amide bonds. The maximum Gasteiger partial charge on any atom is 0.0302 e. The molecular formula is C10H22N2. The molecule has 2 heteroatoms. The first kappa shape index (κ1) is 10.0. The van der Waals surface area contributed by atoms with Gasteiger partial charge in [0, 0.05) is 11.6 Å². The van der Waals surface area contributed by atoms with Crippen LogP contribution in [0.5, 0.6) is 0 Å². The van der Waals surface area contributed by atoms with E-state index in [0.717, 1.165) is 5.92 Å². The van der Waals surface area contributed by atoms with Crippen LogP contribution >= 0.6 is 0 Å². The first-order valence-corrected chi connectivity index (χ1v) is 4.85. The Hall–Kier alpha value is -0.0800. The molecule has 0 saturated heterocycles. The summed E-state index contributed by atoms with van der Waals surface area (Å²) in [7, 11) is 6.40. The Morgan fingerprint density at radius 2 is 1.83 bits per heavy atom. The van der Waals surface area contributed by atoms with Gasteiger partial charge >= 0.3 is 0 Å². The lowest BCUT2D eigenvalue weighted by atomic mass is 9.89. The summed E-state index contributed by atoms with van der Waals surface area (Å²) in [4.78, 5) is 2.31. The van der Waals surface area contributed by atoms with E-state index in [2.05, 4.69) is 45.2 Å². The van der Waals surface area contributed by atoms with Crippen molar-refractivity contribution in [1.82, 2.24) is 10.2 Å². The van der Waals surface area contributed by atoms with E-state index in [-0.39, 0.29) is 5.54 Å². The van der Waals surface area contributed by atoms with Crippen LogP contribution in [0.3, 0.4) is 0 Å². The molecule has 0 spiro atoms. The van der Waals surface area contributed by atoms with Gasteiger partial charge in [-0.3, -0.25) is 0 Å². The molecule has 1 rings (SSSR count). The summed E-state index contributed by atoms with van der Waals surface area (Å²) >= 11 is 0. The molecule has 72 valence electrons. The number of hydrogen-bond acceptors (Lipinski definition) is 2. The van der Waals surface area contributed by atoms with Crippen molar-refractivity contribution in [3.8, 4) is 0 Å². The molecule has 0 heterocycles. The fraction of sp³-hybridized carbons (Fsp3) is 1.00. The van der Waals surface area contributed by atoms with Crippen LogP contribution in [0, 0.1) is 5.92 Å². The van der Waals surface area contributed by atoms with Crippen LogP contribution < -0.4 is 5.32 Å². The molecule has 0 aliphatic heterocycles. The van der Waals surface area contributed by atoms with E-state index in [9.17, 15) is 0 Å². The molecule has 1 saturated carbocycles. The molecule has 1 atom stereocenters. The van der Waals surface area contributed by atoms with Crippen molar-refractivity contribution >= 4 is 0 Å². The number of likely N-dealkylation sites (N-methyl/N-ethyl adjacent to an activating group) is 2. The molecule has 0 aromatic carbocycles. The molecule has 2 nitrogen and oxygen atoms in total. The highest BCUT2D eigenvalue weighted by Crippen LogP contribution is 2.38. The quantitative estimate of drug-likeness (QED) is 0.684. The second-order valence-corrected chi connectivity index (χ2v) is 4.65. The van der Waals surface area contributed by atoms with Gasteiger partial charge in [-0.05, 0) is 53.8 Å². The van der Waals surface area contributed by atoms with Gasteiger partial charge in [-0.25, -0.2) is 0 Å². The smallest absolute Gasteiger partial charge is 0.0302 e. The molecule has 1 fully saturated rings. The van der Waals surface area contributed by atoms with E-state index >= 15 is 0 Å². The Labute approximate surface area is 76.3 Å². The topological polar surface area (TPSA) is 15.3 Å². The van der Waals surface area contributed by atoms with Crippen molar-refractivity contribution in [3.63, 3.8) is 0 Å². The van der Waals surface area contributed by atoms with Gasteiger partial charge in [0.05, 0.1) is 0 Å². The normalized spacial score (nSPS) is 21.5. The second-order valence-electron chi connectivity index (χ2n) is 4.65. The lowest BCUT2D eigenvalue weighted by molar-refractivity contribution is 0.130. The van der Waals surface area contributed by atoms with Gasteiger partial charge in [-0.2, -0.15) is 0 Å². The summed E-state index contributed by atoms with van der Waals surface area (Å²) in [6, 6.07) is 0.646. The Kier molecular flexibility index (Phi) is 2.79. The number of rotatable bonds is 4. The fourth-order valence-electron chi connectivity index (χ4n) is 1.87. The first-order chi connectivity index (χ1) is 5.50. The third kappa shape index (κ3) is 1.80. The molecule has 0 bridgehead atoms. The lowest BCUT2D eigenvalue weighted by Gasteiger charge is -2.40. The van der Waals surface area contributed by atoms with Crippen molar-refractivity contribution in [1.29, 1.82) is 0 Å². The number of nitrogens with one attached hydrogen (secondary N) is 1. The van der Waals surface area contributed by atoms with Crippen LogP contribution in [0.1, 0.15) is 26.7 Å². The molecule has 12 heavy (non-hydrogen) atoms. The van der Waals surface area contributed by atoms with Gasteiger partial charge in [0.15, 0.2) is 0 Å². The molecule has 1 unspecified atom stereocenters. The molecule has 0 radical (unpaired) electrons. The highest BCUT2D eigenvalue weighted by atomic mass is 15.2. The zero-order chi connectivity index (χ0) is 9.35. The standard InChI is InChI=1S/C10H22N2/c1-10(2,12(4)5)9(11-3)8-6-7-8/h8-9,11H,6-7H2,1-5H3.